The molecule has 0 N–H and O–H groups in total. The molecule has 0 radical (unpaired) electrons. The van der Waals surface area contributed by atoms with Gasteiger partial charge in [0.05, 0.1) is 0 Å². The van der Waals surface area contributed by atoms with Crippen LogP contribution in [0.3, 0.4) is 0 Å². The minimum atomic E-state index is -5.83. The van der Waals surface area contributed by atoms with Crippen LogP contribution >= 0.6 is 40.5 Å². The van der Waals surface area contributed by atoms with Gasteiger partial charge in [-0.3, -0.25) is 0 Å². The number of rotatable bonds is 9. The molecule has 0 aliphatic rings. The summed E-state index contributed by atoms with van der Waals surface area (Å²) in [7, 11) is -11.7. The molecule has 0 amide bonds. The molecule has 0 bridgehead atoms. The molecule has 16 heteroatoms. The second-order valence-corrected chi connectivity index (χ2v) is 18.3. The maximum absolute atomic E-state index is 12.7. The number of unbranched alkanes of at least 4 members (excludes halogenated alkanes) is 3. The molecule has 2 aromatic carbocycles. The van der Waals surface area contributed by atoms with Crippen LogP contribution in [-0.4, -0.2) is 27.9 Å². The molecule has 0 unspecified atom stereocenters. The Morgan fingerprint density at radius 3 is 1.21 bits per heavy atom. The van der Waals surface area contributed by atoms with E-state index in [1.54, 1.807) is 12.1 Å². The fraction of sp³-hybridized carbons (Fsp3) is 0.273. The van der Waals surface area contributed by atoms with Gasteiger partial charge in [0, 0.05) is 0 Å². The van der Waals surface area contributed by atoms with Gasteiger partial charge in [0.25, 0.3) is 0 Å². The summed E-state index contributed by atoms with van der Waals surface area (Å²) < 4.78 is 137. The molecule has 0 heterocycles. The molecule has 0 atom stereocenters. The number of alkyl halides is 6. The molecule has 2 aromatic rings. The average molecular weight is 810 g/mol. The summed E-state index contributed by atoms with van der Waals surface area (Å²) in [6, 6.07) is 15.0. The first-order valence-electron chi connectivity index (χ1n) is 10.1. The number of hydrogen-bond acceptors (Lipinski definition) is 6. The van der Waals surface area contributed by atoms with Crippen LogP contribution in [0.15, 0.2) is 60.7 Å². The van der Waals surface area contributed by atoms with Gasteiger partial charge in [-0.15, -0.1) is 0 Å². The topological polar surface area (TPSA) is 86.7 Å². The molecule has 0 aliphatic carbocycles. The van der Waals surface area contributed by atoms with Crippen molar-refractivity contribution >= 4 is 60.7 Å². The predicted octanol–water partition coefficient (Wildman–Crippen LogP) is 6.78. The number of benzene rings is 2. The van der Waals surface area contributed by atoms with E-state index in [1.807, 2.05) is 0 Å². The number of hydrogen-bond donors (Lipinski definition) is 0. The van der Waals surface area contributed by atoms with Crippen molar-refractivity contribution in [2.75, 3.05) is 0 Å². The Morgan fingerprint density at radius 2 is 0.921 bits per heavy atom. The van der Waals surface area contributed by atoms with E-state index in [1.165, 1.54) is 48.5 Å². The Labute approximate surface area is 231 Å². The van der Waals surface area contributed by atoms with Gasteiger partial charge in [-0.2, -0.15) is 0 Å². The van der Waals surface area contributed by atoms with Crippen molar-refractivity contribution in [1.82, 2.24) is 0 Å². The Kier molecular flexibility index (Phi) is 12.2. The molecule has 38 heavy (non-hydrogen) atoms. The quantitative estimate of drug-likeness (QED) is 0.0914. The van der Waals surface area contributed by atoms with E-state index in [4.69, 9.17) is 0 Å². The summed E-state index contributed by atoms with van der Waals surface area (Å²) in [6.07, 6.45) is 1.09. The normalized spacial score (nSPS) is 13.0. The molecule has 210 valence electrons. The van der Waals surface area contributed by atoms with Crippen LogP contribution in [-0.2, 0) is 25.3 Å². The molecule has 0 aliphatic heterocycles. The van der Waals surface area contributed by atoms with Gasteiger partial charge >= 0.3 is 233 Å². The van der Waals surface area contributed by atoms with Gasteiger partial charge in [-0.25, -0.2) is 0 Å². The van der Waals surface area contributed by atoms with Crippen LogP contribution in [0.25, 0.3) is 0 Å². The average Bonchev–Trinajstić information content (AvgIpc) is 2.83. The summed E-state index contributed by atoms with van der Waals surface area (Å²) in [4.78, 5) is 0. The molecular weight excluding hydrogens is 792 g/mol. The van der Waals surface area contributed by atoms with E-state index in [-0.39, 0.29) is 20.0 Å². The third-order valence-corrected chi connectivity index (χ3v) is 16.0. The van der Waals surface area contributed by atoms with E-state index in [2.05, 4.69) is 24.7 Å². The molecule has 0 saturated carbocycles. The van der Waals surface area contributed by atoms with Crippen molar-refractivity contribution in [2.45, 2.75) is 36.7 Å². The molecule has 0 fully saturated rings. The zero-order chi connectivity index (χ0) is 28.5. The van der Waals surface area contributed by atoms with Crippen LogP contribution in [0, 0.1) is 26.8 Å². The van der Waals surface area contributed by atoms with E-state index >= 15 is 0 Å². The van der Waals surface area contributed by atoms with Gasteiger partial charge in [-0.1, -0.05) is 0 Å². The first kappa shape index (κ1) is 32.6. The zero-order valence-corrected chi connectivity index (χ0v) is 24.8. The Balaban J connectivity index is 2.02. The second kappa shape index (κ2) is 14.2. The van der Waals surface area contributed by atoms with Crippen LogP contribution in [0.2, 0.25) is 0 Å². The van der Waals surface area contributed by atoms with Crippen molar-refractivity contribution in [3.8, 4) is 19.7 Å². The second-order valence-electron chi connectivity index (χ2n) is 6.76. The molecule has 0 spiro atoms. The fourth-order valence-electron chi connectivity index (χ4n) is 2.15. The predicted molar refractivity (Wildman–Crippen MR) is 144 cm³/mol. The summed E-state index contributed by atoms with van der Waals surface area (Å²) in [5, 5.41) is 0. The third-order valence-electron chi connectivity index (χ3n) is 3.88. The molecule has 2 rings (SSSR count). The van der Waals surface area contributed by atoms with Gasteiger partial charge in [0.15, 0.2) is 0 Å². The Hall–Kier alpha value is -1.58. The van der Waals surface area contributed by atoms with Crippen LogP contribution in [0.1, 0.15) is 25.7 Å². The minimum absolute atomic E-state index is 0.165. The van der Waals surface area contributed by atoms with Crippen LogP contribution in [0.5, 0.6) is 0 Å². The Bertz CT molecular complexity index is 1280. The van der Waals surface area contributed by atoms with Crippen LogP contribution in [0.4, 0.5) is 26.3 Å². The molecule has 6 nitrogen and oxygen atoms in total. The zero-order valence-electron chi connectivity index (χ0n) is 18.9. The molecular formula is C22H18F6I2O6S2. The van der Waals surface area contributed by atoms with Crippen molar-refractivity contribution in [1.29, 1.82) is 0 Å². The van der Waals surface area contributed by atoms with E-state index in [9.17, 15) is 43.2 Å². The monoisotopic (exact) mass is 810 g/mol. The summed E-state index contributed by atoms with van der Waals surface area (Å²) in [5.74, 6) is 5.25. The van der Waals surface area contributed by atoms with Crippen molar-refractivity contribution in [3.63, 3.8) is 0 Å². The molecule has 0 saturated heterocycles. The van der Waals surface area contributed by atoms with E-state index in [0.717, 1.165) is 0 Å². The first-order valence-corrected chi connectivity index (χ1v) is 19.0. The van der Waals surface area contributed by atoms with Gasteiger partial charge < -0.3 is 0 Å². The fourth-order valence-corrected chi connectivity index (χ4v) is 12.7. The summed E-state index contributed by atoms with van der Waals surface area (Å²) in [6.45, 7) is 0. The third kappa shape index (κ3) is 10.2. The van der Waals surface area contributed by atoms with Gasteiger partial charge in [0.1, 0.15) is 0 Å². The Morgan fingerprint density at radius 1 is 0.605 bits per heavy atom. The SMILES string of the molecule is O=S(=O)(OI(C#CCCCCC#CI(OS(=O)(=O)C(F)(F)F)c1ccccc1)c1ccccc1)C(F)(F)F. The first-order chi connectivity index (χ1) is 17.6. The van der Waals surface area contributed by atoms with Gasteiger partial charge in [0.2, 0.25) is 0 Å². The van der Waals surface area contributed by atoms with Crippen LogP contribution < -0.4 is 0 Å². The van der Waals surface area contributed by atoms with Crippen molar-refractivity contribution in [3.05, 3.63) is 67.8 Å². The maximum atomic E-state index is 12.7. The molecule has 0 aromatic heterocycles. The summed E-state index contributed by atoms with van der Waals surface area (Å²) in [5.41, 5.74) is -11.2. The van der Waals surface area contributed by atoms with Crippen molar-refractivity contribution in [2.24, 2.45) is 0 Å². The number of halogens is 8. The summed E-state index contributed by atoms with van der Waals surface area (Å²) >= 11 is -7.06. The standard InChI is InChI=1S/C22H18F6I2O6S2/c23-21(24,25)37(31,32)35-29(19-13-7-5-8-14-19)17-11-3-1-2-4-12-18-30(20-15-9-6-10-16-20)36-38(33,34)22(26,27)28/h5-10,13-16H,1-4H2. The van der Waals surface area contributed by atoms with Gasteiger partial charge in [-0.05, 0) is 0 Å². The van der Waals surface area contributed by atoms with E-state index in [0.29, 0.717) is 12.8 Å². The van der Waals surface area contributed by atoms with E-state index < -0.39 is 71.7 Å². The van der Waals surface area contributed by atoms with Crippen molar-refractivity contribution < 1.29 is 48.2 Å².